The van der Waals surface area contributed by atoms with Gasteiger partial charge in [-0.25, -0.2) is 0 Å². The number of aromatic nitrogens is 2. The monoisotopic (exact) mass is 303 g/mol. The number of rotatable bonds is 6. The molecule has 2 aromatic heterocycles. The molecule has 0 aliphatic heterocycles. The fourth-order valence-electron chi connectivity index (χ4n) is 2.54. The average molecular weight is 303 g/mol. The molecule has 0 N–H and O–H groups in total. The summed E-state index contributed by atoms with van der Waals surface area (Å²) < 4.78 is 1.95. The van der Waals surface area contributed by atoms with Gasteiger partial charge in [0.15, 0.2) is 12.4 Å². The molecule has 0 amide bonds. The van der Waals surface area contributed by atoms with Gasteiger partial charge in [-0.15, -0.1) is 0 Å². The molecular formula is C20H19N2O+. The van der Waals surface area contributed by atoms with Crippen LogP contribution in [0.3, 0.4) is 0 Å². The van der Waals surface area contributed by atoms with E-state index in [4.69, 9.17) is 0 Å². The first-order valence-electron chi connectivity index (χ1n) is 7.76. The third-order valence-electron chi connectivity index (χ3n) is 3.77. The lowest BCUT2D eigenvalue weighted by Crippen LogP contribution is -2.37. The Morgan fingerprint density at radius 3 is 2.48 bits per heavy atom. The first-order chi connectivity index (χ1) is 11.3. The topological polar surface area (TPSA) is 33.8 Å². The molecule has 3 heteroatoms. The quantitative estimate of drug-likeness (QED) is 0.518. The molecule has 0 aliphatic carbocycles. The van der Waals surface area contributed by atoms with Crippen molar-refractivity contribution < 1.29 is 9.36 Å². The van der Waals surface area contributed by atoms with E-state index in [0.717, 1.165) is 18.4 Å². The van der Waals surface area contributed by atoms with E-state index in [0.29, 0.717) is 6.54 Å². The Morgan fingerprint density at radius 1 is 0.913 bits per heavy atom. The van der Waals surface area contributed by atoms with Gasteiger partial charge in [0.05, 0.1) is 0 Å². The Hall–Kier alpha value is -2.81. The molecule has 0 unspecified atom stereocenters. The number of carbonyl (C=O) groups excluding carboxylic acids is 1. The summed E-state index contributed by atoms with van der Waals surface area (Å²) >= 11 is 0. The van der Waals surface area contributed by atoms with Crippen molar-refractivity contribution in [3.05, 3.63) is 96.1 Å². The van der Waals surface area contributed by atoms with Crippen LogP contribution in [0.4, 0.5) is 0 Å². The number of hydrogen-bond acceptors (Lipinski definition) is 2. The highest BCUT2D eigenvalue weighted by Crippen LogP contribution is 2.05. The van der Waals surface area contributed by atoms with Crippen molar-refractivity contribution in [2.75, 3.05) is 0 Å². The molecule has 0 bridgehead atoms. The van der Waals surface area contributed by atoms with E-state index in [1.165, 1.54) is 11.1 Å². The Bertz CT molecular complexity index is 770. The van der Waals surface area contributed by atoms with Crippen LogP contribution in [0.15, 0.2) is 79.4 Å². The van der Waals surface area contributed by atoms with Gasteiger partial charge in [0, 0.05) is 29.6 Å². The number of benzene rings is 1. The van der Waals surface area contributed by atoms with Crippen LogP contribution in [0, 0.1) is 0 Å². The summed E-state index contributed by atoms with van der Waals surface area (Å²) in [5.74, 6) is 0.125. The van der Waals surface area contributed by atoms with E-state index in [1.807, 2.05) is 59.4 Å². The molecule has 0 fully saturated rings. The zero-order chi connectivity index (χ0) is 15.9. The first kappa shape index (κ1) is 15.1. The summed E-state index contributed by atoms with van der Waals surface area (Å²) in [7, 11) is 0. The Labute approximate surface area is 136 Å². The van der Waals surface area contributed by atoms with Gasteiger partial charge in [-0.05, 0) is 30.5 Å². The average Bonchev–Trinajstić information content (AvgIpc) is 2.62. The summed E-state index contributed by atoms with van der Waals surface area (Å²) in [6.07, 6.45) is 9.56. The number of ketones is 1. The third-order valence-corrected chi connectivity index (χ3v) is 3.77. The molecular weight excluding hydrogens is 284 g/mol. The van der Waals surface area contributed by atoms with Gasteiger partial charge in [0.25, 0.3) is 0 Å². The van der Waals surface area contributed by atoms with Crippen LogP contribution in [0.25, 0.3) is 0 Å². The highest BCUT2D eigenvalue weighted by molar-refractivity contribution is 5.94. The van der Waals surface area contributed by atoms with Gasteiger partial charge in [-0.3, -0.25) is 9.78 Å². The molecule has 3 nitrogen and oxygen atoms in total. The zero-order valence-electron chi connectivity index (χ0n) is 12.9. The molecule has 0 atom stereocenters. The second-order valence-electron chi connectivity index (χ2n) is 5.54. The molecule has 2 heterocycles. The molecule has 0 radical (unpaired) electrons. The van der Waals surface area contributed by atoms with E-state index in [9.17, 15) is 4.79 Å². The van der Waals surface area contributed by atoms with E-state index in [2.05, 4.69) is 23.3 Å². The van der Waals surface area contributed by atoms with Gasteiger partial charge in [-0.1, -0.05) is 36.4 Å². The number of Topliss-reactive ketones (excluding diaryl/α,β-unsaturated/α-hetero) is 1. The molecule has 23 heavy (non-hydrogen) atoms. The van der Waals surface area contributed by atoms with Crippen molar-refractivity contribution in [1.82, 2.24) is 4.98 Å². The third kappa shape index (κ3) is 4.33. The summed E-state index contributed by atoms with van der Waals surface area (Å²) in [5.41, 5.74) is 3.20. The van der Waals surface area contributed by atoms with Crippen molar-refractivity contribution in [2.45, 2.75) is 19.4 Å². The van der Waals surface area contributed by atoms with Crippen molar-refractivity contribution >= 4 is 5.78 Å². The maximum absolute atomic E-state index is 12.3. The van der Waals surface area contributed by atoms with E-state index in [1.54, 1.807) is 6.20 Å². The fourth-order valence-corrected chi connectivity index (χ4v) is 2.54. The van der Waals surface area contributed by atoms with Gasteiger partial charge >= 0.3 is 0 Å². The molecule has 0 aliphatic rings. The smallest absolute Gasteiger partial charge is 0.227 e. The predicted molar refractivity (Wildman–Crippen MR) is 89.1 cm³/mol. The number of nitrogens with zero attached hydrogens (tertiary/aromatic N) is 2. The lowest BCUT2D eigenvalue weighted by Gasteiger charge is -2.02. The molecule has 3 rings (SSSR count). The highest BCUT2D eigenvalue weighted by atomic mass is 16.1. The lowest BCUT2D eigenvalue weighted by molar-refractivity contribution is -0.683. The Kier molecular flexibility index (Phi) is 4.89. The van der Waals surface area contributed by atoms with E-state index in [-0.39, 0.29) is 5.78 Å². The fraction of sp³-hybridized carbons (Fsp3) is 0.150. The summed E-state index contributed by atoms with van der Waals surface area (Å²) in [5, 5.41) is 0. The summed E-state index contributed by atoms with van der Waals surface area (Å²) in [6.45, 7) is 0.366. The Morgan fingerprint density at radius 2 is 1.70 bits per heavy atom. The van der Waals surface area contributed by atoms with Crippen LogP contribution in [-0.4, -0.2) is 10.8 Å². The van der Waals surface area contributed by atoms with Gasteiger partial charge in [0.1, 0.15) is 0 Å². The SMILES string of the molecule is O=C(C[n+]1cccc(CCc2cccnc2)c1)c1ccccc1. The van der Waals surface area contributed by atoms with Crippen LogP contribution in [-0.2, 0) is 19.4 Å². The Balaban J connectivity index is 1.64. The van der Waals surface area contributed by atoms with Crippen molar-refractivity contribution in [1.29, 1.82) is 0 Å². The lowest BCUT2D eigenvalue weighted by atomic mass is 10.1. The van der Waals surface area contributed by atoms with Crippen LogP contribution in [0.5, 0.6) is 0 Å². The zero-order valence-corrected chi connectivity index (χ0v) is 12.9. The molecule has 1 aromatic carbocycles. The van der Waals surface area contributed by atoms with Crippen molar-refractivity contribution in [2.24, 2.45) is 0 Å². The summed E-state index contributed by atoms with van der Waals surface area (Å²) in [6, 6.07) is 17.6. The predicted octanol–water partition coefficient (Wildman–Crippen LogP) is 3.04. The second kappa shape index (κ2) is 7.45. The van der Waals surface area contributed by atoms with Gasteiger partial charge < -0.3 is 0 Å². The maximum atomic E-state index is 12.3. The van der Waals surface area contributed by atoms with Crippen molar-refractivity contribution in [3.8, 4) is 0 Å². The van der Waals surface area contributed by atoms with Crippen LogP contribution < -0.4 is 4.57 Å². The molecule has 0 spiro atoms. The largest absolute Gasteiger partial charge is 0.287 e. The molecule has 0 saturated heterocycles. The molecule has 0 saturated carbocycles. The molecule has 3 aromatic rings. The van der Waals surface area contributed by atoms with Crippen LogP contribution in [0.2, 0.25) is 0 Å². The molecule has 114 valence electrons. The van der Waals surface area contributed by atoms with E-state index < -0.39 is 0 Å². The number of pyridine rings is 2. The van der Waals surface area contributed by atoms with Gasteiger partial charge in [-0.2, -0.15) is 4.57 Å². The minimum Gasteiger partial charge on any atom is -0.287 e. The van der Waals surface area contributed by atoms with Crippen molar-refractivity contribution in [3.63, 3.8) is 0 Å². The first-order valence-corrected chi connectivity index (χ1v) is 7.76. The van der Waals surface area contributed by atoms with Crippen LogP contribution >= 0.6 is 0 Å². The maximum Gasteiger partial charge on any atom is 0.227 e. The highest BCUT2D eigenvalue weighted by Gasteiger charge is 2.12. The number of carbonyl (C=O) groups is 1. The number of hydrogen-bond donors (Lipinski definition) is 0. The summed E-state index contributed by atoms with van der Waals surface area (Å²) in [4.78, 5) is 16.4. The normalized spacial score (nSPS) is 10.4. The number of aryl methyl sites for hydroxylation is 2. The minimum absolute atomic E-state index is 0.125. The van der Waals surface area contributed by atoms with Crippen LogP contribution in [0.1, 0.15) is 21.5 Å². The standard InChI is InChI=1S/C20H19N2O/c23-20(19-8-2-1-3-9-19)16-22-13-5-7-18(15-22)11-10-17-6-4-12-21-14-17/h1-9,12-15H,10-11,16H2/q+1. The second-order valence-corrected chi connectivity index (χ2v) is 5.54. The van der Waals surface area contributed by atoms with E-state index >= 15 is 0 Å². The van der Waals surface area contributed by atoms with Gasteiger partial charge in [0.2, 0.25) is 12.3 Å². The minimum atomic E-state index is 0.125.